The van der Waals surface area contributed by atoms with Gasteiger partial charge in [-0.25, -0.2) is 0 Å². The van der Waals surface area contributed by atoms with Gasteiger partial charge in [0.15, 0.2) is 11.0 Å². The van der Waals surface area contributed by atoms with Crippen molar-refractivity contribution in [2.75, 3.05) is 7.11 Å². The molecular formula is C17H16ClN3OS. The summed E-state index contributed by atoms with van der Waals surface area (Å²) in [6, 6.07) is 15.7. The van der Waals surface area contributed by atoms with Gasteiger partial charge in [0.05, 0.1) is 7.11 Å². The number of halogens is 1. The van der Waals surface area contributed by atoms with Crippen LogP contribution < -0.4 is 4.74 Å². The Labute approximate surface area is 144 Å². The minimum Gasteiger partial charge on any atom is -0.497 e. The van der Waals surface area contributed by atoms with E-state index in [2.05, 4.69) is 16.3 Å². The van der Waals surface area contributed by atoms with Crippen LogP contribution in [0.3, 0.4) is 0 Å². The molecule has 0 radical (unpaired) electrons. The van der Waals surface area contributed by atoms with Crippen molar-refractivity contribution in [2.45, 2.75) is 10.9 Å². The van der Waals surface area contributed by atoms with Gasteiger partial charge in [0, 0.05) is 23.4 Å². The Morgan fingerprint density at radius 1 is 1.13 bits per heavy atom. The predicted molar refractivity (Wildman–Crippen MR) is 94.0 cm³/mol. The molecule has 2 aromatic carbocycles. The van der Waals surface area contributed by atoms with Gasteiger partial charge in [0.25, 0.3) is 0 Å². The summed E-state index contributed by atoms with van der Waals surface area (Å²) >= 11 is 7.65. The average Bonchev–Trinajstić information content (AvgIpc) is 2.94. The molecule has 3 aromatic rings. The van der Waals surface area contributed by atoms with Gasteiger partial charge in [-0.15, -0.1) is 10.2 Å². The average molecular weight is 346 g/mol. The van der Waals surface area contributed by atoms with Crippen molar-refractivity contribution in [3.63, 3.8) is 0 Å². The largest absolute Gasteiger partial charge is 0.497 e. The van der Waals surface area contributed by atoms with Gasteiger partial charge < -0.3 is 9.30 Å². The third-order valence-electron chi connectivity index (χ3n) is 3.44. The highest BCUT2D eigenvalue weighted by molar-refractivity contribution is 7.98. The fourth-order valence-electron chi connectivity index (χ4n) is 2.21. The number of thioether (sulfide) groups is 1. The first-order valence-electron chi connectivity index (χ1n) is 7.08. The Hall–Kier alpha value is -1.98. The molecule has 0 bridgehead atoms. The molecule has 3 rings (SSSR count). The van der Waals surface area contributed by atoms with Crippen molar-refractivity contribution in [3.8, 4) is 17.1 Å². The molecule has 6 heteroatoms. The Kier molecular flexibility index (Phi) is 4.88. The molecule has 1 aromatic heterocycles. The molecule has 0 saturated carbocycles. The molecule has 0 aliphatic rings. The zero-order chi connectivity index (χ0) is 16.2. The maximum absolute atomic E-state index is 6.01. The third-order valence-corrected chi connectivity index (χ3v) is 4.77. The van der Waals surface area contributed by atoms with Crippen LogP contribution in [0.25, 0.3) is 11.4 Å². The molecule has 0 fully saturated rings. The molecule has 0 amide bonds. The monoisotopic (exact) mass is 345 g/mol. The van der Waals surface area contributed by atoms with Gasteiger partial charge in [0.2, 0.25) is 0 Å². The first-order valence-corrected chi connectivity index (χ1v) is 8.45. The number of rotatable bonds is 5. The van der Waals surface area contributed by atoms with Gasteiger partial charge in [-0.1, -0.05) is 35.5 Å². The second kappa shape index (κ2) is 7.06. The summed E-state index contributed by atoms with van der Waals surface area (Å²) in [7, 11) is 3.63. The van der Waals surface area contributed by atoms with Crippen molar-refractivity contribution in [3.05, 3.63) is 59.1 Å². The van der Waals surface area contributed by atoms with Crippen LogP contribution in [0.15, 0.2) is 53.7 Å². The van der Waals surface area contributed by atoms with Gasteiger partial charge in [-0.3, -0.25) is 0 Å². The summed E-state index contributed by atoms with van der Waals surface area (Å²) in [5.74, 6) is 2.46. The van der Waals surface area contributed by atoms with Crippen LogP contribution >= 0.6 is 23.4 Å². The summed E-state index contributed by atoms with van der Waals surface area (Å²) in [5.41, 5.74) is 2.17. The van der Waals surface area contributed by atoms with Crippen LogP contribution in [-0.4, -0.2) is 21.9 Å². The lowest BCUT2D eigenvalue weighted by molar-refractivity contribution is 0.415. The number of hydrogen-bond acceptors (Lipinski definition) is 4. The predicted octanol–water partition coefficient (Wildman–Crippen LogP) is 4.44. The summed E-state index contributed by atoms with van der Waals surface area (Å²) in [5, 5.41) is 10.2. The second-order valence-electron chi connectivity index (χ2n) is 5.01. The van der Waals surface area contributed by atoms with Crippen LogP contribution in [0.5, 0.6) is 5.75 Å². The van der Waals surface area contributed by atoms with E-state index >= 15 is 0 Å². The van der Waals surface area contributed by atoms with E-state index in [9.17, 15) is 0 Å². The number of aromatic nitrogens is 3. The minimum absolute atomic E-state index is 0.750. The number of methoxy groups -OCH3 is 1. The molecule has 0 aliphatic carbocycles. The van der Waals surface area contributed by atoms with Crippen molar-refractivity contribution in [2.24, 2.45) is 7.05 Å². The van der Waals surface area contributed by atoms with Crippen molar-refractivity contribution < 1.29 is 4.74 Å². The summed E-state index contributed by atoms with van der Waals surface area (Å²) in [6.07, 6.45) is 0. The zero-order valence-electron chi connectivity index (χ0n) is 12.9. The van der Waals surface area contributed by atoms with Crippen LogP contribution in [0.2, 0.25) is 5.02 Å². The lowest BCUT2D eigenvalue weighted by atomic mass is 10.2. The van der Waals surface area contributed by atoms with Crippen LogP contribution in [0.1, 0.15) is 5.56 Å². The van der Waals surface area contributed by atoms with E-state index in [0.29, 0.717) is 0 Å². The standard InChI is InChI=1S/C17H16ClN3OS/c1-21-16(13-6-8-15(22-2)9-7-13)19-20-17(21)23-11-12-4-3-5-14(18)10-12/h3-10H,11H2,1-2H3. The van der Waals surface area contributed by atoms with E-state index in [1.807, 2.05) is 54.1 Å². The molecule has 0 atom stereocenters. The Morgan fingerprint density at radius 2 is 1.91 bits per heavy atom. The lowest BCUT2D eigenvalue weighted by Gasteiger charge is -2.05. The van der Waals surface area contributed by atoms with E-state index in [1.54, 1.807) is 18.9 Å². The molecule has 0 N–H and O–H groups in total. The molecule has 0 saturated heterocycles. The SMILES string of the molecule is COc1ccc(-c2nnc(SCc3cccc(Cl)c3)n2C)cc1. The fraction of sp³-hybridized carbons (Fsp3) is 0.176. The van der Waals surface area contributed by atoms with Crippen molar-refractivity contribution >= 4 is 23.4 Å². The van der Waals surface area contributed by atoms with E-state index in [1.165, 1.54) is 0 Å². The van der Waals surface area contributed by atoms with E-state index < -0.39 is 0 Å². The highest BCUT2D eigenvalue weighted by Crippen LogP contribution is 2.26. The highest BCUT2D eigenvalue weighted by atomic mass is 35.5. The molecule has 1 heterocycles. The van der Waals surface area contributed by atoms with Gasteiger partial charge in [-0.05, 0) is 42.0 Å². The molecule has 23 heavy (non-hydrogen) atoms. The molecule has 4 nitrogen and oxygen atoms in total. The van der Waals surface area contributed by atoms with Crippen molar-refractivity contribution in [1.29, 1.82) is 0 Å². The summed E-state index contributed by atoms with van der Waals surface area (Å²) in [4.78, 5) is 0. The van der Waals surface area contributed by atoms with E-state index in [4.69, 9.17) is 16.3 Å². The Bertz CT molecular complexity index is 802. The fourth-order valence-corrected chi connectivity index (χ4v) is 3.27. The molecular weight excluding hydrogens is 330 g/mol. The van der Waals surface area contributed by atoms with Gasteiger partial charge in [-0.2, -0.15) is 0 Å². The van der Waals surface area contributed by atoms with Crippen LogP contribution in [0.4, 0.5) is 0 Å². The normalized spacial score (nSPS) is 10.7. The summed E-state index contributed by atoms with van der Waals surface area (Å²) < 4.78 is 7.18. The maximum atomic E-state index is 6.01. The quantitative estimate of drug-likeness (QED) is 0.641. The Balaban J connectivity index is 1.76. The topological polar surface area (TPSA) is 39.9 Å². The third kappa shape index (κ3) is 3.68. The van der Waals surface area contributed by atoms with E-state index in [0.717, 1.165) is 38.6 Å². The molecule has 118 valence electrons. The summed E-state index contributed by atoms with van der Waals surface area (Å²) in [6.45, 7) is 0. The van der Waals surface area contributed by atoms with Gasteiger partial charge in [0.1, 0.15) is 5.75 Å². The minimum atomic E-state index is 0.750. The lowest BCUT2D eigenvalue weighted by Crippen LogP contribution is -1.95. The number of hydrogen-bond donors (Lipinski definition) is 0. The van der Waals surface area contributed by atoms with E-state index in [-0.39, 0.29) is 0 Å². The second-order valence-corrected chi connectivity index (χ2v) is 6.39. The smallest absolute Gasteiger partial charge is 0.191 e. The molecule has 0 unspecified atom stereocenters. The first-order chi connectivity index (χ1) is 11.2. The Morgan fingerprint density at radius 3 is 2.61 bits per heavy atom. The number of nitrogens with zero attached hydrogens (tertiary/aromatic N) is 3. The van der Waals surface area contributed by atoms with Crippen LogP contribution in [0, 0.1) is 0 Å². The first kappa shape index (κ1) is 15.9. The van der Waals surface area contributed by atoms with Crippen LogP contribution in [-0.2, 0) is 12.8 Å². The molecule has 0 spiro atoms. The highest BCUT2D eigenvalue weighted by Gasteiger charge is 2.11. The number of benzene rings is 2. The maximum Gasteiger partial charge on any atom is 0.191 e. The zero-order valence-corrected chi connectivity index (χ0v) is 14.4. The number of ether oxygens (including phenoxy) is 1. The molecule has 0 aliphatic heterocycles. The van der Waals surface area contributed by atoms with Gasteiger partial charge >= 0.3 is 0 Å². The van der Waals surface area contributed by atoms with Crippen molar-refractivity contribution in [1.82, 2.24) is 14.8 Å².